The summed E-state index contributed by atoms with van der Waals surface area (Å²) in [4.78, 5) is 0. The van der Waals surface area contributed by atoms with Crippen LogP contribution in [0.5, 0.6) is 0 Å². The molecule has 104 valence electrons. The molecule has 1 saturated heterocycles. The van der Waals surface area contributed by atoms with Crippen molar-refractivity contribution < 1.29 is 4.74 Å². The molecule has 0 saturated carbocycles. The first-order valence-corrected chi connectivity index (χ1v) is 7.36. The van der Waals surface area contributed by atoms with Gasteiger partial charge in [0.15, 0.2) is 0 Å². The van der Waals surface area contributed by atoms with E-state index in [1.807, 2.05) is 0 Å². The molecule has 0 radical (unpaired) electrons. The van der Waals surface area contributed by atoms with E-state index in [-0.39, 0.29) is 5.60 Å². The third kappa shape index (κ3) is 4.50. The first-order chi connectivity index (χ1) is 8.97. The van der Waals surface area contributed by atoms with Gasteiger partial charge in [-0.25, -0.2) is 0 Å². The van der Waals surface area contributed by atoms with Crippen molar-refractivity contribution in [1.29, 1.82) is 0 Å². The van der Waals surface area contributed by atoms with Gasteiger partial charge in [0.25, 0.3) is 0 Å². The molecule has 1 heterocycles. The molecule has 1 fully saturated rings. The van der Waals surface area contributed by atoms with Gasteiger partial charge < -0.3 is 4.74 Å². The lowest BCUT2D eigenvalue weighted by Crippen LogP contribution is -2.02. The van der Waals surface area contributed by atoms with Gasteiger partial charge in [0.05, 0.1) is 11.7 Å². The molecular formula is C18H26O. The largest absolute Gasteiger partial charge is 0.367 e. The molecule has 0 amide bonds. The van der Waals surface area contributed by atoms with E-state index in [9.17, 15) is 0 Å². The Morgan fingerprint density at radius 3 is 2.47 bits per heavy atom. The second kappa shape index (κ2) is 5.92. The minimum Gasteiger partial charge on any atom is -0.367 e. The first kappa shape index (κ1) is 14.3. The van der Waals surface area contributed by atoms with E-state index >= 15 is 0 Å². The van der Waals surface area contributed by atoms with Crippen LogP contribution in [0.1, 0.15) is 51.2 Å². The summed E-state index contributed by atoms with van der Waals surface area (Å²) in [6.45, 7) is 8.72. The predicted octanol–water partition coefficient (Wildman–Crippen LogP) is 4.83. The van der Waals surface area contributed by atoms with Gasteiger partial charge in [-0.05, 0) is 58.9 Å². The minimum absolute atomic E-state index is 0.141. The summed E-state index contributed by atoms with van der Waals surface area (Å²) in [5.41, 5.74) is 4.41. The molecule has 1 aliphatic rings. The zero-order valence-corrected chi connectivity index (χ0v) is 12.7. The Balaban J connectivity index is 1.68. The summed E-state index contributed by atoms with van der Waals surface area (Å²) < 4.78 is 5.61. The van der Waals surface area contributed by atoms with Crippen LogP contribution >= 0.6 is 0 Å². The highest BCUT2D eigenvalue weighted by molar-refractivity contribution is 5.21. The van der Waals surface area contributed by atoms with Crippen LogP contribution in [-0.4, -0.2) is 11.7 Å². The molecule has 0 bridgehead atoms. The van der Waals surface area contributed by atoms with Crippen LogP contribution in [0.15, 0.2) is 35.9 Å². The number of hydrogen-bond donors (Lipinski definition) is 0. The van der Waals surface area contributed by atoms with Gasteiger partial charge in [0.2, 0.25) is 0 Å². The molecule has 1 aliphatic heterocycles. The van der Waals surface area contributed by atoms with E-state index in [4.69, 9.17) is 4.74 Å². The van der Waals surface area contributed by atoms with Gasteiger partial charge in [-0.2, -0.15) is 0 Å². The van der Waals surface area contributed by atoms with E-state index in [1.165, 1.54) is 29.5 Å². The predicted molar refractivity (Wildman–Crippen MR) is 81.4 cm³/mol. The molecule has 1 aromatic rings. The molecular weight excluding hydrogens is 232 g/mol. The molecule has 0 aliphatic carbocycles. The summed E-state index contributed by atoms with van der Waals surface area (Å²) in [7, 11) is 0. The Hall–Kier alpha value is -1.08. The number of hydrogen-bond acceptors (Lipinski definition) is 1. The molecule has 2 rings (SSSR count). The maximum atomic E-state index is 5.61. The molecule has 1 heteroatoms. The van der Waals surface area contributed by atoms with E-state index < -0.39 is 0 Å². The Bertz CT molecular complexity index is 439. The van der Waals surface area contributed by atoms with Crippen molar-refractivity contribution >= 4 is 0 Å². The maximum Gasteiger partial charge on any atom is 0.0892 e. The lowest BCUT2D eigenvalue weighted by Gasteiger charge is -2.02. The highest BCUT2D eigenvalue weighted by Crippen LogP contribution is 2.38. The van der Waals surface area contributed by atoms with E-state index in [2.05, 4.69) is 58.0 Å². The molecule has 1 nitrogen and oxygen atoms in total. The fourth-order valence-electron chi connectivity index (χ4n) is 2.44. The average Bonchev–Trinajstić information content (AvgIpc) is 2.97. The highest BCUT2D eigenvalue weighted by atomic mass is 16.6. The van der Waals surface area contributed by atoms with Crippen molar-refractivity contribution in [2.45, 2.75) is 65.1 Å². The standard InChI is InChI=1S/C18H26O/c1-14(10-13-17-18(3,4)19-17)6-5-7-16-11-8-15(2)9-12-16/h6,8-9,11-12,17H,5,7,10,13H2,1-4H3/b14-6+/t17-/m0/s1. The molecule has 0 spiro atoms. The quantitative estimate of drug-likeness (QED) is 0.526. The molecule has 0 unspecified atom stereocenters. The number of rotatable bonds is 6. The van der Waals surface area contributed by atoms with E-state index in [0.29, 0.717) is 6.10 Å². The summed E-state index contributed by atoms with van der Waals surface area (Å²) >= 11 is 0. The van der Waals surface area contributed by atoms with Crippen molar-refractivity contribution in [2.75, 3.05) is 0 Å². The van der Waals surface area contributed by atoms with Gasteiger partial charge in [-0.1, -0.05) is 41.5 Å². The van der Waals surface area contributed by atoms with Crippen LogP contribution in [0.3, 0.4) is 0 Å². The normalized spacial score (nSPS) is 21.5. The number of aryl methyl sites for hydroxylation is 2. The van der Waals surface area contributed by atoms with Crippen LogP contribution in [0.2, 0.25) is 0 Å². The summed E-state index contributed by atoms with van der Waals surface area (Å²) in [5.74, 6) is 0. The zero-order chi connectivity index (χ0) is 13.9. The van der Waals surface area contributed by atoms with Crippen LogP contribution in [0.25, 0.3) is 0 Å². The number of ether oxygens (including phenoxy) is 1. The Labute approximate surface area is 117 Å². The monoisotopic (exact) mass is 258 g/mol. The van der Waals surface area contributed by atoms with E-state index in [0.717, 1.165) is 12.8 Å². The zero-order valence-electron chi connectivity index (χ0n) is 12.7. The van der Waals surface area contributed by atoms with Gasteiger partial charge in [-0.15, -0.1) is 0 Å². The lowest BCUT2D eigenvalue weighted by molar-refractivity contribution is 0.320. The van der Waals surface area contributed by atoms with Gasteiger partial charge in [-0.3, -0.25) is 0 Å². The Morgan fingerprint density at radius 2 is 1.89 bits per heavy atom. The molecule has 1 atom stereocenters. The number of allylic oxidation sites excluding steroid dienone is 2. The molecule has 0 aromatic heterocycles. The van der Waals surface area contributed by atoms with E-state index in [1.54, 1.807) is 0 Å². The SMILES string of the molecule is C/C(=C\CCc1ccc(C)cc1)CC[C@@H]1OC1(C)C. The second-order valence-corrected chi connectivity index (χ2v) is 6.32. The van der Waals surface area contributed by atoms with Crippen LogP contribution in [0, 0.1) is 6.92 Å². The second-order valence-electron chi connectivity index (χ2n) is 6.32. The average molecular weight is 258 g/mol. The summed E-state index contributed by atoms with van der Waals surface area (Å²) in [6, 6.07) is 8.86. The van der Waals surface area contributed by atoms with Crippen molar-refractivity contribution in [2.24, 2.45) is 0 Å². The third-order valence-corrected chi connectivity index (χ3v) is 4.01. The van der Waals surface area contributed by atoms with Gasteiger partial charge in [0, 0.05) is 0 Å². The molecule has 19 heavy (non-hydrogen) atoms. The Kier molecular flexibility index (Phi) is 4.46. The summed E-state index contributed by atoms with van der Waals surface area (Å²) in [6.07, 6.45) is 7.48. The Morgan fingerprint density at radius 1 is 1.26 bits per heavy atom. The van der Waals surface area contributed by atoms with Crippen molar-refractivity contribution in [3.8, 4) is 0 Å². The first-order valence-electron chi connectivity index (χ1n) is 7.36. The summed E-state index contributed by atoms with van der Waals surface area (Å²) in [5, 5.41) is 0. The van der Waals surface area contributed by atoms with Crippen molar-refractivity contribution in [1.82, 2.24) is 0 Å². The highest BCUT2D eigenvalue weighted by Gasteiger charge is 2.46. The number of epoxide rings is 1. The number of benzene rings is 1. The van der Waals surface area contributed by atoms with Crippen LogP contribution in [0.4, 0.5) is 0 Å². The van der Waals surface area contributed by atoms with Crippen molar-refractivity contribution in [3.05, 3.63) is 47.0 Å². The lowest BCUT2D eigenvalue weighted by atomic mass is 10.0. The molecule has 0 N–H and O–H groups in total. The van der Waals surface area contributed by atoms with Gasteiger partial charge >= 0.3 is 0 Å². The minimum atomic E-state index is 0.141. The maximum absolute atomic E-state index is 5.61. The van der Waals surface area contributed by atoms with Crippen LogP contribution in [-0.2, 0) is 11.2 Å². The third-order valence-electron chi connectivity index (χ3n) is 4.01. The fraction of sp³-hybridized carbons (Fsp3) is 0.556. The molecule has 1 aromatic carbocycles. The van der Waals surface area contributed by atoms with Crippen molar-refractivity contribution in [3.63, 3.8) is 0 Å². The smallest absolute Gasteiger partial charge is 0.0892 e. The van der Waals surface area contributed by atoms with Gasteiger partial charge in [0.1, 0.15) is 0 Å². The van der Waals surface area contributed by atoms with Crippen LogP contribution < -0.4 is 0 Å². The fourth-order valence-corrected chi connectivity index (χ4v) is 2.44. The topological polar surface area (TPSA) is 12.5 Å².